The maximum atomic E-state index is 16.1. The molecule has 5 N–H and O–H groups in total. The van der Waals surface area contributed by atoms with Gasteiger partial charge in [0.25, 0.3) is 0 Å². The number of aliphatic hydroxyl groups is 1. The molecule has 6 atom stereocenters. The number of nitrogens with one attached hydrogen (secondary N) is 2. The number of terminal acetylenes is 1. The number of nitrogen functional groups attached to an aromatic ring is 1. The van der Waals surface area contributed by atoms with Gasteiger partial charge in [0.1, 0.15) is 24.0 Å². The Labute approximate surface area is 229 Å². The minimum Gasteiger partial charge on any atom is -0.465 e. The molecule has 16 heteroatoms. The molecule has 0 aliphatic carbocycles. The predicted molar refractivity (Wildman–Crippen MR) is 142 cm³/mol. The van der Waals surface area contributed by atoms with E-state index >= 15 is 4.39 Å². The minimum absolute atomic E-state index is 0.0934. The number of benzene rings is 1. The van der Waals surface area contributed by atoms with Crippen molar-refractivity contribution in [3.05, 3.63) is 36.7 Å². The SMILES string of the molecule is C#C[C@@]1(F)[C@H](O)[C@@H](COP(=O)(N[C@H](C)C(=O)OCC)Oc2ccccc2)O[C@H]1n1cnc2c(NC)nc(N)nc21. The molecule has 1 fully saturated rings. The van der Waals surface area contributed by atoms with Crippen LogP contribution in [0.15, 0.2) is 36.7 Å². The summed E-state index contributed by atoms with van der Waals surface area (Å²) in [4.78, 5) is 24.5. The van der Waals surface area contributed by atoms with Crippen molar-refractivity contribution in [3.8, 4) is 18.1 Å². The highest BCUT2D eigenvalue weighted by atomic mass is 31.2. The van der Waals surface area contributed by atoms with Gasteiger partial charge in [0.2, 0.25) is 11.6 Å². The number of anilines is 2. The second kappa shape index (κ2) is 11.7. The molecule has 1 aliphatic heterocycles. The molecule has 1 aliphatic rings. The van der Waals surface area contributed by atoms with Gasteiger partial charge in [-0.15, -0.1) is 6.42 Å². The third-order valence-electron chi connectivity index (χ3n) is 5.96. The van der Waals surface area contributed by atoms with Gasteiger partial charge in [0, 0.05) is 7.05 Å². The fourth-order valence-corrected chi connectivity index (χ4v) is 5.53. The number of hydrogen-bond acceptors (Lipinski definition) is 12. The summed E-state index contributed by atoms with van der Waals surface area (Å²) in [5.41, 5.74) is 3.36. The van der Waals surface area contributed by atoms with Gasteiger partial charge in [-0.2, -0.15) is 15.1 Å². The van der Waals surface area contributed by atoms with E-state index in [1.54, 1.807) is 32.2 Å². The van der Waals surface area contributed by atoms with Crippen molar-refractivity contribution >= 4 is 36.6 Å². The number of halogens is 1. The molecular formula is C24H29FN7O7P. The van der Waals surface area contributed by atoms with E-state index in [1.807, 2.05) is 5.92 Å². The Balaban J connectivity index is 1.60. The first kappa shape index (κ1) is 29.2. The molecule has 1 aromatic carbocycles. The van der Waals surface area contributed by atoms with Crippen LogP contribution >= 0.6 is 7.75 Å². The Morgan fingerprint density at radius 3 is 2.77 bits per heavy atom. The molecule has 0 bridgehead atoms. The molecule has 1 unspecified atom stereocenters. The zero-order chi connectivity index (χ0) is 29.1. The number of carbonyl (C=O) groups is 1. The maximum absolute atomic E-state index is 16.1. The molecule has 2 aromatic heterocycles. The molecule has 4 rings (SSSR count). The third kappa shape index (κ3) is 5.72. The Morgan fingerprint density at radius 2 is 2.12 bits per heavy atom. The summed E-state index contributed by atoms with van der Waals surface area (Å²) < 4.78 is 52.8. The number of aromatic nitrogens is 4. The lowest BCUT2D eigenvalue weighted by atomic mass is 9.97. The van der Waals surface area contributed by atoms with Crippen molar-refractivity contribution in [1.29, 1.82) is 0 Å². The van der Waals surface area contributed by atoms with Crippen molar-refractivity contribution < 1.29 is 37.4 Å². The Morgan fingerprint density at radius 1 is 1.40 bits per heavy atom. The van der Waals surface area contributed by atoms with E-state index in [4.69, 9.17) is 30.7 Å². The van der Waals surface area contributed by atoms with Gasteiger partial charge in [-0.25, -0.2) is 13.9 Å². The largest absolute Gasteiger partial charge is 0.465 e. The summed E-state index contributed by atoms with van der Waals surface area (Å²) in [7, 11) is -2.73. The molecule has 0 spiro atoms. The molecule has 1 saturated heterocycles. The zero-order valence-corrected chi connectivity index (χ0v) is 22.7. The lowest BCUT2D eigenvalue weighted by Gasteiger charge is -2.25. The topological polar surface area (TPSA) is 185 Å². The number of nitrogens with two attached hydrogens (primary N) is 1. The minimum atomic E-state index is -4.32. The fraction of sp³-hybridized carbons (Fsp3) is 0.417. The van der Waals surface area contributed by atoms with Gasteiger partial charge < -0.3 is 30.2 Å². The molecule has 40 heavy (non-hydrogen) atoms. The van der Waals surface area contributed by atoms with Gasteiger partial charge in [-0.1, -0.05) is 24.1 Å². The Kier molecular flexibility index (Phi) is 8.57. The summed E-state index contributed by atoms with van der Waals surface area (Å²) >= 11 is 0. The van der Waals surface area contributed by atoms with Gasteiger partial charge in [0.15, 0.2) is 23.2 Å². The highest BCUT2D eigenvalue weighted by Gasteiger charge is 2.58. The van der Waals surface area contributed by atoms with E-state index in [-0.39, 0.29) is 35.3 Å². The predicted octanol–water partition coefficient (Wildman–Crippen LogP) is 1.79. The number of esters is 1. The number of carbonyl (C=O) groups excluding carboxylic acids is 1. The second-order valence-corrected chi connectivity index (χ2v) is 10.4. The summed E-state index contributed by atoms with van der Waals surface area (Å²) in [5.74, 6) is 1.57. The first-order chi connectivity index (χ1) is 19.0. The summed E-state index contributed by atoms with van der Waals surface area (Å²) in [5, 5.41) is 16.2. The van der Waals surface area contributed by atoms with Crippen molar-refractivity contribution in [3.63, 3.8) is 0 Å². The van der Waals surface area contributed by atoms with Crippen LogP contribution in [0.5, 0.6) is 5.75 Å². The van der Waals surface area contributed by atoms with Crippen LogP contribution in [0.2, 0.25) is 0 Å². The van der Waals surface area contributed by atoms with Crippen molar-refractivity contribution in [2.75, 3.05) is 31.3 Å². The summed E-state index contributed by atoms with van der Waals surface area (Å²) in [6, 6.07) is 6.93. The molecule has 14 nitrogen and oxygen atoms in total. The Hall–Kier alpha value is -3.80. The number of fused-ring (bicyclic) bond motifs is 1. The molecule has 3 heterocycles. The first-order valence-corrected chi connectivity index (χ1v) is 13.7. The second-order valence-electron chi connectivity index (χ2n) is 8.69. The van der Waals surface area contributed by atoms with Gasteiger partial charge in [-0.3, -0.25) is 13.9 Å². The molecule has 0 amide bonds. The van der Waals surface area contributed by atoms with E-state index in [2.05, 4.69) is 25.4 Å². The number of hydrogen-bond donors (Lipinski definition) is 4. The molecule has 0 saturated carbocycles. The number of nitrogens with zero attached hydrogens (tertiary/aromatic N) is 4. The van der Waals surface area contributed by atoms with Crippen LogP contribution in [0.1, 0.15) is 20.1 Å². The standard InChI is InChI=1S/C24H29FN7O7P/c1-5-24(25)18(33)16(38-22(24)32-13-28-17-19(27-4)29-23(26)30-20(17)32)12-37-40(35,31-14(3)21(34)36-6-2)39-15-10-8-7-9-11-15/h1,7-11,13-14,16,18,22,33H,6,12H2,2-4H3,(H,31,35)(H3,26,27,29,30)/t14-,16-,18-,22-,24-,40?/m1/s1. The van der Waals surface area contributed by atoms with Crippen LogP contribution in [0.3, 0.4) is 0 Å². The van der Waals surface area contributed by atoms with Gasteiger partial charge in [-0.05, 0) is 26.0 Å². The van der Waals surface area contributed by atoms with Gasteiger partial charge in [0.05, 0.1) is 19.5 Å². The van der Waals surface area contributed by atoms with E-state index in [1.165, 1.54) is 30.0 Å². The van der Waals surface area contributed by atoms with E-state index < -0.39 is 50.5 Å². The van der Waals surface area contributed by atoms with Crippen molar-refractivity contribution in [2.24, 2.45) is 0 Å². The van der Waals surface area contributed by atoms with Crippen LogP contribution in [0.4, 0.5) is 16.2 Å². The highest BCUT2D eigenvalue weighted by molar-refractivity contribution is 7.52. The van der Waals surface area contributed by atoms with Gasteiger partial charge >= 0.3 is 13.7 Å². The maximum Gasteiger partial charge on any atom is 0.459 e. The number of rotatable bonds is 11. The van der Waals surface area contributed by atoms with E-state index in [0.717, 1.165) is 0 Å². The number of para-hydroxylation sites is 1. The number of aliphatic hydroxyl groups excluding tert-OH is 1. The smallest absolute Gasteiger partial charge is 0.459 e. The number of alkyl halides is 1. The first-order valence-electron chi connectivity index (χ1n) is 12.2. The monoisotopic (exact) mass is 577 g/mol. The van der Waals surface area contributed by atoms with Crippen molar-refractivity contribution in [2.45, 2.75) is 44.0 Å². The molecule has 214 valence electrons. The van der Waals surface area contributed by atoms with E-state index in [9.17, 15) is 14.5 Å². The normalized spacial score (nSPS) is 24.6. The van der Waals surface area contributed by atoms with Crippen LogP contribution in [-0.2, 0) is 23.4 Å². The zero-order valence-electron chi connectivity index (χ0n) is 21.9. The number of imidazole rings is 1. The Bertz CT molecular complexity index is 1450. The molecular weight excluding hydrogens is 548 g/mol. The van der Waals surface area contributed by atoms with Crippen LogP contribution in [-0.4, -0.2) is 74.8 Å². The molecule has 3 aromatic rings. The fourth-order valence-electron chi connectivity index (χ4n) is 4.03. The highest BCUT2D eigenvalue weighted by Crippen LogP contribution is 2.48. The van der Waals surface area contributed by atoms with Crippen LogP contribution in [0.25, 0.3) is 11.2 Å². The van der Waals surface area contributed by atoms with Crippen LogP contribution in [0, 0.1) is 12.3 Å². The van der Waals surface area contributed by atoms with E-state index in [0.29, 0.717) is 0 Å². The quantitative estimate of drug-likeness (QED) is 0.147. The average Bonchev–Trinajstić information content (AvgIpc) is 3.46. The van der Waals surface area contributed by atoms with Crippen LogP contribution < -0.4 is 20.7 Å². The summed E-state index contributed by atoms with van der Waals surface area (Å²) in [6.07, 6.45) is 1.74. The molecule has 0 radical (unpaired) electrons. The lowest BCUT2D eigenvalue weighted by molar-refractivity contribution is -0.144. The summed E-state index contributed by atoms with van der Waals surface area (Å²) in [6.45, 7) is 2.47. The van der Waals surface area contributed by atoms with Crippen molar-refractivity contribution in [1.82, 2.24) is 24.6 Å². The third-order valence-corrected chi connectivity index (χ3v) is 7.61. The number of ether oxygens (including phenoxy) is 2. The average molecular weight is 578 g/mol. The lowest BCUT2D eigenvalue weighted by Crippen LogP contribution is -2.42.